The first-order valence-electron chi connectivity index (χ1n) is 8.47. The van der Waals surface area contributed by atoms with Gasteiger partial charge in [0.25, 0.3) is 11.7 Å². The SMILES string of the molecule is CN1C(=O)C2C(SCc3ccccc3F)=NC(c3ccco3)=NC2=[N+](C)C1=O. The van der Waals surface area contributed by atoms with Crippen molar-refractivity contribution in [3.63, 3.8) is 0 Å². The number of halogens is 1. The molecule has 7 nitrogen and oxygen atoms in total. The van der Waals surface area contributed by atoms with Crippen LogP contribution in [0.3, 0.4) is 0 Å². The number of imide groups is 1. The van der Waals surface area contributed by atoms with Gasteiger partial charge in [-0.2, -0.15) is 9.48 Å². The van der Waals surface area contributed by atoms with E-state index in [9.17, 15) is 14.0 Å². The summed E-state index contributed by atoms with van der Waals surface area (Å²) in [6.45, 7) is 0. The molecule has 1 atom stereocenters. The predicted octanol–water partition coefficient (Wildman–Crippen LogP) is 2.76. The van der Waals surface area contributed by atoms with Crippen LogP contribution in [0.1, 0.15) is 11.3 Å². The Labute approximate surface area is 164 Å². The largest absolute Gasteiger partial charge is 0.459 e. The highest BCUT2D eigenvalue weighted by Crippen LogP contribution is 2.29. The lowest BCUT2D eigenvalue weighted by Gasteiger charge is -2.26. The van der Waals surface area contributed by atoms with Crippen molar-refractivity contribution in [3.8, 4) is 0 Å². The van der Waals surface area contributed by atoms with E-state index in [1.165, 1.54) is 35.7 Å². The molecule has 0 spiro atoms. The van der Waals surface area contributed by atoms with Crippen molar-refractivity contribution in [2.75, 3.05) is 14.1 Å². The molecule has 28 heavy (non-hydrogen) atoms. The second-order valence-corrected chi connectivity index (χ2v) is 7.27. The number of aliphatic imine (C=N–C) groups is 2. The number of hydrogen-bond acceptors (Lipinski definition) is 6. The molecule has 0 N–H and O–H groups in total. The number of furan rings is 1. The van der Waals surface area contributed by atoms with Crippen molar-refractivity contribution in [1.82, 2.24) is 4.90 Å². The molecule has 2 aliphatic heterocycles. The van der Waals surface area contributed by atoms with E-state index in [-0.39, 0.29) is 23.2 Å². The van der Waals surface area contributed by atoms with Gasteiger partial charge >= 0.3 is 11.9 Å². The van der Waals surface area contributed by atoms with Crippen LogP contribution in [0.25, 0.3) is 0 Å². The van der Waals surface area contributed by atoms with Crippen LogP contribution in [0, 0.1) is 11.7 Å². The number of amidine groups is 2. The van der Waals surface area contributed by atoms with E-state index >= 15 is 0 Å². The molecule has 1 aromatic carbocycles. The van der Waals surface area contributed by atoms with Gasteiger partial charge in [-0.15, -0.1) is 11.8 Å². The number of fused-ring (bicyclic) bond motifs is 1. The summed E-state index contributed by atoms with van der Waals surface area (Å²) in [5, 5.41) is 0.441. The first kappa shape index (κ1) is 18.3. The maximum Gasteiger partial charge on any atom is 0.445 e. The number of amides is 3. The fourth-order valence-electron chi connectivity index (χ4n) is 2.97. The predicted molar refractivity (Wildman–Crippen MR) is 103 cm³/mol. The average molecular weight is 399 g/mol. The van der Waals surface area contributed by atoms with Crippen molar-refractivity contribution in [2.45, 2.75) is 5.75 Å². The molecule has 0 saturated heterocycles. The molecule has 3 amide bonds. The number of carbonyl (C=O) groups is 2. The first-order chi connectivity index (χ1) is 13.5. The Morgan fingerprint density at radius 3 is 2.71 bits per heavy atom. The Bertz CT molecular complexity index is 1060. The molecule has 0 fully saturated rings. The topological polar surface area (TPSA) is 78.2 Å². The van der Waals surface area contributed by atoms with E-state index in [4.69, 9.17) is 4.42 Å². The molecule has 0 bridgehead atoms. The number of nitrogens with zero attached hydrogens (tertiary/aromatic N) is 4. The van der Waals surface area contributed by atoms with Crippen molar-refractivity contribution in [3.05, 3.63) is 59.8 Å². The van der Waals surface area contributed by atoms with E-state index in [1.54, 1.807) is 37.4 Å². The highest BCUT2D eigenvalue weighted by atomic mass is 32.2. The van der Waals surface area contributed by atoms with Gasteiger partial charge in [-0.25, -0.2) is 14.2 Å². The fraction of sp³-hybridized carbons (Fsp3) is 0.211. The number of thioether (sulfide) groups is 1. The van der Waals surface area contributed by atoms with Crippen LogP contribution in [0.5, 0.6) is 0 Å². The van der Waals surface area contributed by atoms with E-state index in [0.717, 1.165) is 4.90 Å². The van der Waals surface area contributed by atoms with Crippen LogP contribution in [0.2, 0.25) is 0 Å². The third kappa shape index (κ3) is 3.07. The lowest BCUT2D eigenvalue weighted by Crippen LogP contribution is -2.54. The molecule has 2 aliphatic rings. The Balaban J connectivity index is 1.76. The quantitative estimate of drug-likeness (QED) is 0.744. The highest BCUT2D eigenvalue weighted by molar-refractivity contribution is 8.13. The molecule has 0 radical (unpaired) electrons. The maximum absolute atomic E-state index is 14.0. The average Bonchev–Trinajstić information content (AvgIpc) is 3.24. The molecule has 1 aromatic heterocycles. The van der Waals surface area contributed by atoms with Crippen molar-refractivity contribution in [2.24, 2.45) is 15.9 Å². The normalized spacial score (nSPS) is 19.5. The van der Waals surface area contributed by atoms with E-state index < -0.39 is 17.9 Å². The van der Waals surface area contributed by atoms with Crippen LogP contribution in [0.15, 0.2) is 57.1 Å². The van der Waals surface area contributed by atoms with Gasteiger partial charge in [-0.3, -0.25) is 4.79 Å². The fourth-order valence-corrected chi connectivity index (χ4v) is 4.03. The molecular weight excluding hydrogens is 383 g/mol. The minimum atomic E-state index is -0.816. The Hall–Kier alpha value is -3.07. The monoisotopic (exact) mass is 399 g/mol. The standard InChI is InChI=1S/C19H16FN4O3S/c1-23-16-14(18(25)24(2)19(23)26)17(22-15(21-16)13-8-5-9-27-13)28-10-11-6-3-4-7-12(11)20/h3-9,14H,10H2,1-2H3/q+1. The highest BCUT2D eigenvalue weighted by Gasteiger charge is 2.49. The van der Waals surface area contributed by atoms with E-state index in [0.29, 0.717) is 16.4 Å². The number of hydrogen-bond donors (Lipinski definition) is 0. The van der Waals surface area contributed by atoms with Crippen molar-refractivity contribution in [1.29, 1.82) is 0 Å². The van der Waals surface area contributed by atoms with Gasteiger partial charge in [0, 0.05) is 5.75 Å². The summed E-state index contributed by atoms with van der Waals surface area (Å²) in [5.41, 5.74) is 0.500. The number of benzene rings is 1. The summed E-state index contributed by atoms with van der Waals surface area (Å²) in [6.07, 6.45) is 1.49. The van der Waals surface area contributed by atoms with E-state index in [2.05, 4.69) is 9.98 Å². The van der Waals surface area contributed by atoms with Gasteiger partial charge in [0.05, 0.1) is 20.4 Å². The summed E-state index contributed by atoms with van der Waals surface area (Å²) >= 11 is 1.24. The van der Waals surface area contributed by atoms with E-state index in [1.807, 2.05) is 0 Å². The van der Waals surface area contributed by atoms with Gasteiger partial charge in [0.15, 0.2) is 11.7 Å². The summed E-state index contributed by atoms with van der Waals surface area (Å²) in [6, 6.07) is 9.36. The summed E-state index contributed by atoms with van der Waals surface area (Å²) in [4.78, 5) is 35.1. The molecule has 1 unspecified atom stereocenters. The van der Waals surface area contributed by atoms with Crippen LogP contribution in [0.4, 0.5) is 9.18 Å². The second-order valence-electron chi connectivity index (χ2n) is 6.27. The molecule has 142 valence electrons. The maximum atomic E-state index is 14.0. The molecule has 4 rings (SSSR count). The van der Waals surface area contributed by atoms with Gasteiger partial charge in [0.2, 0.25) is 0 Å². The van der Waals surface area contributed by atoms with Crippen LogP contribution >= 0.6 is 11.8 Å². The molecule has 0 saturated carbocycles. The lowest BCUT2D eigenvalue weighted by atomic mass is 10.0. The zero-order chi connectivity index (χ0) is 19.8. The van der Waals surface area contributed by atoms with Crippen molar-refractivity contribution >= 4 is 40.4 Å². The van der Waals surface area contributed by atoms with Gasteiger partial charge in [-0.05, 0) is 23.8 Å². The van der Waals surface area contributed by atoms with Gasteiger partial charge in [-0.1, -0.05) is 23.2 Å². The van der Waals surface area contributed by atoms with Crippen LogP contribution in [-0.4, -0.2) is 52.2 Å². The third-order valence-corrected chi connectivity index (χ3v) is 5.59. The smallest absolute Gasteiger partial charge is 0.445 e. The van der Waals surface area contributed by atoms with Gasteiger partial charge < -0.3 is 4.42 Å². The Morgan fingerprint density at radius 2 is 2.00 bits per heavy atom. The lowest BCUT2D eigenvalue weighted by molar-refractivity contribution is -0.407. The molecule has 9 heteroatoms. The number of rotatable bonds is 3. The van der Waals surface area contributed by atoms with Crippen LogP contribution < -0.4 is 0 Å². The van der Waals surface area contributed by atoms with Crippen LogP contribution in [-0.2, 0) is 10.5 Å². The summed E-state index contributed by atoms with van der Waals surface area (Å²) < 4.78 is 20.7. The molecular formula is C19H16FN4O3S+. The zero-order valence-electron chi connectivity index (χ0n) is 15.1. The number of carbonyl (C=O) groups excluding carboxylic acids is 2. The molecule has 0 aliphatic carbocycles. The third-order valence-electron chi connectivity index (χ3n) is 4.51. The van der Waals surface area contributed by atoms with Gasteiger partial charge in [0.1, 0.15) is 10.9 Å². The number of urea groups is 1. The Kier molecular flexibility index (Phi) is 4.68. The van der Waals surface area contributed by atoms with Crippen molar-refractivity contribution < 1.29 is 23.0 Å². The zero-order valence-corrected chi connectivity index (χ0v) is 15.9. The minimum Gasteiger partial charge on any atom is -0.459 e. The minimum absolute atomic E-state index is 0.268. The molecule has 3 heterocycles. The Morgan fingerprint density at radius 1 is 1.21 bits per heavy atom. The first-order valence-corrected chi connectivity index (χ1v) is 9.45. The second kappa shape index (κ2) is 7.16. The molecule has 2 aromatic rings. The summed E-state index contributed by atoms with van der Waals surface area (Å²) in [5.74, 6) is -0.301. The summed E-state index contributed by atoms with van der Waals surface area (Å²) in [7, 11) is 2.98.